The summed E-state index contributed by atoms with van der Waals surface area (Å²) in [4.78, 5) is 10.6. The average molecular weight is 354 g/mol. The van der Waals surface area contributed by atoms with Crippen LogP contribution in [0.15, 0.2) is 24.3 Å². The van der Waals surface area contributed by atoms with Crippen molar-refractivity contribution in [2.75, 3.05) is 0 Å². The Morgan fingerprint density at radius 1 is 1.16 bits per heavy atom. The predicted molar refractivity (Wildman–Crippen MR) is 98.1 cm³/mol. The van der Waals surface area contributed by atoms with Crippen LogP contribution in [-0.2, 0) is 4.79 Å². The van der Waals surface area contributed by atoms with Gasteiger partial charge >= 0.3 is 5.97 Å². The number of rotatable bonds is 12. The van der Waals surface area contributed by atoms with Crippen molar-refractivity contribution in [2.45, 2.75) is 83.0 Å². The Kier molecular flexibility index (Phi) is 10.7. The molecule has 5 nitrogen and oxygen atoms in total. The molecular weight excluding hydrogens is 320 g/mol. The fourth-order valence-electron chi connectivity index (χ4n) is 3.47. The number of hydrogen-bond donors (Lipinski definition) is 4. The van der Waals surface area contributed by atoms with Crippen molar-refractivity contribution < 1.29 is 25.2 Å². The molecule has 0 aromatic carbocycles. The highest BCUT2D eigenvalue weighted by Crippen LogP contribution is 2.37. The van der Waals surface area contributed by atoms with E-state index in [9.17, 15) is 20.1 Å². The summed E-state index contributed by atoms with van der Waals surface area (Å²) in [5, 5.41) is 39.0. The third-order valence-corrected chi connectivity index (χ3v) is 4.92. The zero-order valence-corrected chi connectivity index (χ0v) is 15.3. The molecule has 0 radical (unpaired) electrons. The van der Waals surface area contributed by atoms with E-state index < -0.39 is 24.3 Å². The Hall–Kier alpha value is -1.17. The smallest absolute Gasteiger partial charge is 0.303 e. The Bertz CT molecular complexity index is 432. The SMILES string of the molecule is CCCCC/C=C\CC(O)C=CC1C(O)CC(O)C1CCCC(=O)O. The summed E-state index contributed by atoms with van der Waals surface area (Å²) in [7, 11) is 0. The van der Waals surface area contributed by atoms with Crippen molar-refractivity contribution in [3.05, 3.63) is 24.3 Å². The summed E-state index contributed by atoms with van der Waals surface area (Å²) < 4.78 is 0. The molecule has 5 heteroatoms. The van der Waals surface area contributed by atoms with E-state index in [-0.39, 0.29) is 18.3 Å². The fourth-order valence-corrected chi connectivity index (χ4v) is 3.47. The van der Waals surface area contributed by atoms with E-state index in [1.165, 1.54) is 19.3 Å². The van der Waals surface area contributed by atoms with Crippen molar-refractivity contribution in [3.8, 4) is 0 Å². The van der Waals surface area contributed by atoms with Crippen LogP contribution >= 0.6 is 0 Å². The van der Waals surface area contributed by atoms with E-state index in [1.807, 2.05) is 6.08 Å². The molecule has 0 aromatic rings. The number of aliphatic hydroxyl groups is 3. The van der Waals surface area contributed by atoms with Crippen molar-refractivity contribution in [2.24, 2.45) is 11.8 Å². The number of unbranched alkanes of at least 4 members (excludes halogenated alkanes) is 3. The van der Waals surface area contributed by atoms with Crippen LogP contribution in [-0.4, -0.2) is 44.7 Å². The first-order valence-electron chi connectivity index (χ1n) is 9.55. The number of allylic oxidation sites excluding steroid dienone is 1. The van der Waals surface area contributed by atoms with E-state index in [0.29, 0.717) is 25.7 Å². The monoisotopic (exact) mass is 354 g/mol. The van der Waals surface area contributed by atoms with Crippen LogP contribution in [0.25, 0.3) is 0 Å². The number of aliphatic carboxylic acids is 1. The van der Waals surface area contributed by atoms with E-state index in [2.05, 4.69) is 13.0 Å². The maximum absolute atomic E-state index is 10.6. The third kappa shape index (κ3) is 8.66. The van der Waals surface area contributed by atoms with Gasteiger partial charge in [-0.2, -0.15) is 0 Å². The molecule has 5 atom stereocenters. The largest absolute Gasteiger partial charge is 0.481 e. The lowest BCUT2D eigenvalue weighted by Gasteiger charge is -2.20. The minimum Gasteiger partial charge on any atom is -0.481 e. The molecule has 1 saturated carbocycles. The molecular formula is C20H34O5. The van der Waals surface area contributed by atoms with Gasteiger partial charge in [0.2, 0.25) is 0 Å². The molecule has 0 saturated heterocycles. The average Bonchev–Trinajstić information content (AvgIpc) is 2.82. The van der Waals surface area contributed by atoms with Crippen LogP contribution < -0.4 is 0 Å². The van der Waals surface area contributed by atoms with Gasteiger partial charge in [-0.05, 0) is 38.0 Å². The van der Waals surface area contributed by atoms with Gasteiger partial charge in [0.1, 0.15) is 0 Å². The van der Waals surface area contributed by atoms with E-state index in [0.717, 1.165) is 6.42 Å². The molecule has 0 aliphatic heterocycles. The second kappa shape index (κ2) is 12.2. The topological polar surface area (TPSA) is 98.0 Å². The molecule has 5 unspecified atom stereocenters. The van der Waals surface area contributed by atoms with Crippen LogP contribution in [0.5, 0.6) is 0 Å². The summed E-state index contributed by atoms with van der Waals surface area (Å²) in [6.07, 6.45) is 12.3. The zero-order chi connectivity index (χ0) is 18.7. The maximum atomic E-state index is 10.6. The lowest BCUT2D eigenvalue weighted by atomic mass is 9.88. The van der Waals surface area contributed by atoms with Gasteiger partial charge in [0, 0.05) is 18.8 Å². The van der Waals surface area contributed by atoms with Crippen molar-refractivity contribution in [1.82, 2.24) is 0 Å². The van der Waals surface area contributed by atoms with Gasteiger partial charge in [-0.25, -0.2) is 0 Å². The van der Waals surface area contributed by atoms with Crippen LogP contribution in [0.2, 0.25) is 0 Å². The van der Waals surface area contributed by atoms with Gasteiger partial charge in [0.15, 0.2) is 0 Å². The lowest BCUT2D eigenvalue weighted by Crippen LogP contribution is -2.21. The lowest BCUT2D eigenvalue weighted by molar-refractivity contribution is -0.137. The molecule has 1 fully saturated rings. The van der Waals surface area contributed by atoms with Gasteiger partial charge in [-0.3, -0.25) is 4.79 Å². The second-order valence-corrected chi connectivity index (χ2v) is 7.05. The first kappa shape index (κ1) is 21.9. The minimum atomic E-state index is -0.846. The number of carboxylic acids is 1. The van der Waals surface area contributed by atoms with Crippen LogP contribution in [0.1, 0.15) is 64.7 Å². The van der Waals surface area contributed by atoms with Gasteiger partial charge < -0.3 is 20.4 Å². The standard InChI is InChI=1S/C20H34O5/c1-2-3-4-5-6-7-9-15(21)12-13-17-16(10-8-11-20(24)25)18(22)14-19(17)23/h6-7,12-13,15-19,21-23H,2-5,8-11,14H2,1H3,(H,24,25)/b7-6-,13-12?. The number of aliphatic hydroxyl groups excluding tert-OH is 3. The molecule has 1 aliphatic rings. The predicted octanol–water partition coefficient (Wildman–Crippen LogP) is 3.04. The summed E-state index contributed by atoms with van der Waals surface area (Å²) in [6, 6.07) is 0. The molecule has 0 aromatic heterocycles. The van der Waals surface area contributed by atoms with Gasteiger partial charge in [0.05, 0.1) is 18.3 Å². The van der Waals surface area contributed by atoms with E-state index >= 15 is 0 Å². The van der Waals surface area contributed by atoms with E-state index in [1.54, 1.807) is 12.2 Å². The van der Waals surface area contributed by atoms with E-state index in [4.69, 9.17) is 5.11 Å². The highest BCUT2D eigenvalue weighted by atomic mass is 16.4. The van der Waals surface area contributed by atoms with Gasteiger partial charge in [0.25, 0.3) is 0 Å². The molecule has 4 N–H and O–H groups in total. The Balaban J connectivity index is 2.44. The van der Waals surface area contributed by atoms with Crippen molar-refractivity contribution in [1.29, 1.82) is 0 Å². The summed E-state index contributed by atoms with van der Waals surface area (Å²) in [5.74, 6) is -1.23. The van der Waals surface area contributed by atoms with Gasteiger partial charge in [-0.15, -0.1) is 0 Å². The van der Waals surface area contributed by atoms with Crippen LogP contribution in [0.4, 0.5) is 0 Å². The molecule has 0 bridgehead atoms. The van der Waals surface area contributed by atoms with Crippen LogP contribution in [0, 0.1) is 11.8 Å². The minimum absolute atomic E-state index is 0.0706. The molecule has 0 heterocycles. The molecule has 1 rings (SSSR count). The highest BCUT2D eigenvalue weighted by Gasteiger charge is 2.39. The van der Waals surface area contributed by atoms with Gasteiger partial charge in [-0.1, -0.05) is 44.1 Å². The number of carbonyl (C=O) groups is 1. The Morgan fingerprint density at radius 3 is 2.60 bits per heavy atom. The highest BCUT2D eigenvalue weighted by molar-refractivity contribution is 5.66. The maximum Gasteiger partial charge on any atom is 0.303 e. The van der Waals surface area contributed by atoms with Crippen molar-refractivity contribution in [3.63, 3.8) is 0 Å². The summed E-state index contributed by atoms with van der Waals surface area (Å²) >= 11 is 0. The normalized spacial score (nSPS) is 28.2. The Morgan fingerprint density at radius 2 is 1.92 bits per heavy atom. The summed E-state index contributed by atoms with van der Waals surface area (Å²) in [5.41, 5.74) is 0. The molecule has 1 aliphatic carbocycles. The quantitative estimate of drug-likeness (QED) is 0.319. The van der Waals surface area contributed by atoms with Crippen molar-refractivity contribution >= 4 is 5.97 Å². The zero-order valence-electron chi connectivity index (χ0n) is 15.3. The molecule has 0 spiro atoms. The molecule has 144 valence electrons. The fraction of sp³-hybridized carbons (Fsp3) is 0.750. The summed E-state index contributed by atoms with van der Waals surface area (Å²) in [6.45, 7) is 2.17. The Labute approximate surface area is 151 Å². The third-order valence-electron chi connectivity index (χ3n) is 4.92. The van der Waals surface area contributed by atoms with Crippen LogP contribution in [0.3, 0.4) is 0 Å². The number of hydrogen-bond acceptors (Lipinski definition) is 4. The number of carboxylic acid groups (broad SMARTS) is 1. The second-order valence-electron chi connectivity index (χ2n) is 7.05. The molecule has 0 amide bonds. The first-order valence-corrected chi connectivity index (χ1v) is 9.55. The molecule has 25 heavy (non-hydrogen) atoms. The first-order chi connectivity index (χ1) is 12.0.